The Labute approximate surface area is 111 Å². The normalized spacial score (nSPS) is 12.4. The molecule has 2 rings (SSSR count). The minimum absolute atomic E-state index is 0.535. The van der Waals surface area contributed by atoms with Gasteiger partial charge in [0, 0.05) is 11.8 Å². The minimum Gasteiger partial charge on any atom is -0.494 e. The number of aliphatic hydroxyl groups is 1. The summed E-state index contributed by atoms with van der Waals surface area (Å²) < 4.78 is 5.43. The third-order valence-electron chi connectivity index (χ3n) is 2.62. The number of hydrogen-bond acceptors (Lipinski definition) is 4. The first-order chi connectivity index (χ1) is 8.69. The van der Waals surface area contributed by atoms with Crippen LogP contribution in [0.2, 0.25) is 0 Å². The van der Waals surface area contributed by atoms with Gasteiger partial charge in [0.05, 0.1) is 23.4 Å². The van der Waals surface area contributed by atoms with E-state index < -0.39 is 6.10 Å². The summed E-state index contributed by atoms with van der Waals surface area (Å²) >= 11 is 1.61. The molecule has 1 aromatic heterocycles. The maximum absolute atomic E-state index is 10.2. The van der Waals surface area contributed by atoms with Crippen LogP contribution in [-0.4, -0.2) is 16.7 Å². The van der Waals surface area contributed by atoms with Crippen LogP contribution < -0.4 is 4.74 Å². The number of ether oxygens (including phenoxy) is 1. The number of aryl methyl sites for hydroxylation is 1. The molecule has 1 aromatic carbocycles. The fourth-order valence-electron chi connectivity index (χ4n) is 1.80. The van der Waals surface area contributed by atoms with Crippen molar-refractivity contribution in [2.24, 2.45) is 0 Å². The Kier molecular flexibility index (Phi) is 4.33. The molecular formula is C14H17NO2S. The van der Waals surface area contributed by atoms with Crippen molar-refractivity contribution in [3.05, 3.63) is 45.9 Å². The largest absolute Gasteiger partial charge is 0.494 e. The second-order valence-electron chi connectivity index (χ2n) is 4.08. The molecule has 4 heteroatoms. The van der Waals surface area contributed by atoms with Crippen LogP contribution in [0.15, 0.2) is 29.6 Å². The van der Waals surface area contributed by atoms with Crippen molar-refractivity contribution in [1.82, 2.24) is 4.98 Å². The Morgan fingerprint density at radius 2 is 2.28 bits per heavy atom. The first-order valence-electron chi connectivity index (χ1n) is 6.01. The van der Waals surface area contributed by atoms with Gasteiger partial charge in [0.25, 0.3) is 0 Å². The van der Waals surface area contributed by atoms with E-state index in [1.165, 1.54) is 0 Å². The Hall–Kier alpha value is -1.39. The molecule has 1 unspecified atom stereocenters. The van der Waals surface area contributed by atoms with Crippen molar-refractivity contribution >= 4 is 11.3 Å². The first kappa shape index (κ1) is 13.1. The second-order valence-corrected chi connectivity index (χ2v) is 5.15. The molecule has 0 bridgehead atoms. The SMILES string of the molecule is CCOc1cccc(C(O)Cc2csc(C)n2)c1. The molecule has 0 radical (unpaired) electrons. The summed E-state index contributed by atoms with van der Waals surface area (Å²) in [7, 11) is 0. The van der Waals surface area contributed by atoms with E-state index in [4.69, 9.17) is 4.74 Å². The lowest BCUT2D eigenvalue weighted by Crippen LogP contribution is -2.03. The molecule has 0 fully saturated rings. The molecule has 0 aliphatic rings. The summed E-state index contributed by atoms with van der Waals surface area (Å²) in [6, 6.07) is 7.59. The minimum atomic E-state index is -0.535. The van der Waals surface area contributed by atoms with Crippen molar-refractivity contribution in [3.8, 4) is 5.75 Å². The van der Waals surface area contributed by atoms with Crippen LogP contribution in [-0.2, 0) is 6.42 Å². The molecule has 0 saturated carbocycles. The van der Waals surface area contributed by atoms with Gasteiger partial charge in [0.15, 0.2) is 0 Å². The lowest BCUT2D eigenvalue weighted by molar-refractivity contribution is 0.177. The molecule has 1 N–H and O–H groups in total. The van der Waals surface area contributed by atoms with Gasteiger partial charge in [0.1, 0.15) is 5.75 Å². The van der Waals surface area contributed by atoms with Gasteiger partial charge < -0.3 is 9.84 Å². The van der Waals surface area contributed by atoms with Gasteiger partial charge in [-0.15, -0.1) is 11.3 Å². The monoisotopic (exact) mass is 263 g/mol. The number of rotatable bonds is 5. The van der Waals surface area contributed by atoms with Crippen molar-refractivity contribution in [1.29, 1.82) is 0 Å². The van der Waals surface area contributed by atoms with Gasteiger partial charge in [-0.1, -0.05) is 12.1 Å². The van der Waals surface area contributed by atoms with Crippen molar-refractivity contribution in [3.63, 3.8) is 0 Å². The van der Waals surface area contributed by atoms with E-state index in [2.05, 4.69) is 4.98 Å². The molecular weight excluding hydrogens is 246 g/mol. The Morgan fingerprint density at radius 3 is 2.94 bits per heavy atom. The Bertz CT molecular complexity index is 510. The van der Waals surface area contributed by atoms with E-state index in [0.29, 0.717) is 13.0 Å². The smallest absolute Gasteiger partial charge is 0.119 e. The molecule has 96 valence electrons. The van der Waals surface area contributed by atoms with Crippen LogP contribution in [0.25, 0.3) is 0 Å². The molecule has 3 nitrogen and oxygen atoms in total. The fraction of sp³-hybridized carbons (Fsp3) is 0.357. The molecule has 0 spiro atoms. The van der Waals surface area contributed by atoms with Crippen LogP contribution in [0.1, 0.15) is 29.3 Å². The standard InChI is InChI=1S/C14H17NO2S/c1-3-17-13-6-4-5-11(7-13)14(16)8-12-9-18-10(2)15-12/h4-7,9,14,16H,3,8H2,1-2H3. The third-order valence-corrected chi connectivity index (χ3v) is 3.45. The molecule has 0 amide bonds. The summed E-state index contributed by atoms with van der Waals surface area (Å²) in [5.41, 5.74) is 1.80. The van der Waals surface area contributed by atoms with Crippen LogP contribution in [0.3, 0.4) is 0 Å². The van der Waals surface area contributed by atoms with E-state index in [-0.39, 0.29) is 0 Å². The molecule has 18 heavy (non-hydrogen) atoms. The van der Waals surface area contributed by atoms with E-state index >= 15 is 0 Å². The second kappa shape index (κ2) is 5.98. The highest BCUT2D eigenvalue weighted by Gasteiger charge is 2.11. The molecule has 0 aliphatic heterocycles. The average Bonchev–Trinajstić information content (AvgIpc) is 2.75. The number of aromatic nitrogens is 1. The van der Waals surface area contributed by atoms with Gasteiger partial charge in [0.2, 0.25) is 0 Å². The lowest BCUT2D eigenvalue weighted by Gasteiger charge is -2.11. The van der Waals surface area contributed by atoms with Gasteiger partial charge in [-0.05, 0) is 31.5 Å². The number of nitrogens with zero attached hydrogens (tertiary/aromatic N) is 1. The van der Waals surface area contributed by atoms with Gasteiger partial charge in [-0.25, -0.2) is 4.98 Å². The highest BCUT2D eigenvalue weighted by molar-refractivity contribution is 7.09. The summed E-state index contributed by atoms with van der Waals surface area (Å²) in [5, 5.41) is 13.2. The van der Waals surface area contributed by atoms with Crippen LogP contribution in [0, 0.1) is 6.92 Å². The van der Waals surface area contributed by atoms with Crippen LogP contribution in [0.4, 0.5) is 0 Å². The average molecular weight is 263 g/mol. The first-order valence-corrected chi connectivity index (χ1v) is 6.89. The van der Waals surface area contributed by atoms with Crippen molar-refractivity contribution in [2.45, 2.75) is 26.4 Å². The topological polar surface area (TPSA) is 42.4 Å². The summed E-state index contributed by atoms with van der Waals surface area (Å²) in [6.45, 7) is 4.54. The lowest BCUT2D eigenvalue weighted by atomic mass is 10.1. The maximum atomic E-state index is 10.2. The Morgan fingerprint density at radius 1 is 1.44 bits per heavy atom. The van der Waals surface area contributed by atoms with Crippen LogP contribution >= 0.6 is 11.3 Å². The highest BCUT2D eigenvalue weighted by Crippen LogP contribution is 2.23. The quantitative estimate of drug-likeness (QED) is 0.901. The zero-order valence-electron chi connectivity index (χ0n) is 10.6. The van der Waals surface area contributed by atoms with E-state index in [1.807, 2.05) is 43.5 Å². The summed E-state index contributed by atoms with van der Waals surface area (Å²) in [4.78, 5) is 4.36. The van der Waals surface area contributed by atoms with Crippen LogP contribution in [0.5, 0.6) is 5.75 Å². The summed E-state index contributed by atoms with van der Waals surface area (Å²) in [6.07, 6.45) is 0.00631. The third kappa shape index (κ3) is 3.31. The fourth-order valence-corrected chi connectivity index (χ4v) is 2.42. The maximum Gasteiger partial charge on any atom is 0.119 e. The molecule has 1 heterocycles. The van der Waals surface area contributed by atoms with Crippen molar-refractivity contribution in [2.75, 3.05) is 6.61 Å². The van der Waals surface area contributed by atoms with Gasteiger partial charge in [-0.2, -0.15) is 0 Å². The molecule has 1 atom stereocenters. The van der Waals surface area contributed by atoms with Gasteiger partial charge >= 0.3 is 0 Å². The Balaban J connectivity index is 2.08. The van der Waals surface area contributed by atoms with Gasteiger partial charge in [-0.3, -0.25) is 0 Å². The summed E-state index contributed by atoms with van der Waals surface area (Å²) in [5.74, 6) is 0.795. The predicted octanol–water partition coefficient (Wildman–Crippen LogP) is 3.13. The number of thiazole rings is 1. The van der Waals surface area contributed by atoms with E-state index in [9.17, 15) is 5.11 Å². The molecule has 0 aliphatic carbocycles. The molecule has 2 aromatic rings. The highest BCUT2D eigenvalue weighted by atomic mass is 32.1. The zero-order chi connectivity index (χ0) is 13.0. The predicted molar refractivity (Wildman–Crippen MR) is 73.1 cm³/mol. The van der Waals surface area contributed by atoms with E-state index in [1.54, 1.807) is 11.3 Å². The number of benzene rings is 1. The number of aliphatic hydroxyl groups excluding tert-OH is 1. The van der Waals surface area contributed by atoms with E-state index in [0.717, 1.165) is 22.0 Å². The molecule has 0 saturated heterocycles. The van der Waals surface area contributed by atoms with Crippen molar-refractivity contribution < 1.29 is 9.84 Å². The zero-order valence-corrected chi connectivity index (χ0v) is 11.4. The number of hydrogen-bond donors (Lipinski definition) is 1.